The van der Waals surface area contributed by atoms with Gasteiger partial charge in [-0.05, 0) is 32.6 Å². The minimum absolute atomic E-state index is 0.0694. The van der Waals surface area contributed by atoms with Gasteiger partial charge in [0, 0.05) is 57.7 Å². The molecule has 5 rings (SSSR count). The van der Waals surface area contributed by atoms with E-state index >= 15 is 0 Å². The van der Waals surface area contributed by atoms with Gasteiger partial charge in [0.1, 0.15) is 6.10 Å². The maximum Gasteiger partial charge on any atom is 0.251 e. The summed E-state index contributed by atoms with van der Waals surface area (Å²) in [7, 11) is 0. The lowest BCUT2D eigenvalue weighted by atomic mass is 10.1. The molecular formula is C24H35N9O3. The fourth-order valence-electron chi connectivity index (χ4n) is 4.96. The number of allylic oxidation sites excluding steroid dienone is 1. The van der Waals surface area contributed by atoms with Crippen molar-refractivity contribution in [2.24, 2.45) is 11.7 Å². The van der Waals surface area contributed by atoms with Crippen LogP contribution < -0.4 is 15.5 Å². The van der Waals surface area contributed by atoms with Gasteiger partial charge in [-0.15, -0.1) is 0 Å². The maximum absolute atomic E-state index is 12.5. The molecule has 2 aliphatic heterocycles. The number of piperazine rings is 1. The number of rotatable bonds is 7. The van der Waals surface area contributed by atoms with Crippen LogP contribution in [0.25, 0.3) is 16.7 Å². The molecule has 0 unspecified atom stereocenters. The number of nitrogens with zero attached hydrogens (tertiary/aromatic N) is 7. The monoisotopic (exact) mass is 497 g/mol. The summed E-state index contributed by atoms with van der Waals surface area (Å²) in [4.78, 5) is 33.4. The Morgan fingerprint density at radius 1 is 1.19 bits per heavy atom. The van der Waals surface area contributed by atoms with E-state index in [-0.39, 0.29) is 11.9 Å². The second kappa shape index (κ2) is 10.0. The summed E-state index contributed by atoms with van der Waals surface area (Å²) in [5.74, 6) is 2.29. The fraction of sp³-hybridized carbons (Fsp3) is 0.625. The van der Waals surface area contributed by atoms with Gasteiger partial charge in [-0.2, -0.15) is 0 Å². The molecule has 3 aliphatic rings. The number of carbonyl (C=O) groups is 1. The lowest BCUT2D eigenvalue weighted by molar-refractivity contribution is -0.141. The first kappa shape index (κ1) is 24.4. The second-order valence-electron chi connectivity index (χ2n) is 9.88. The Labute approximate surface area is 210 Å². The van der Waals surface area contributed by atoms with Crippen LogP contribution in [0.2, 0.25) is 0 Å². The van der Waals surface area contributed by atoms with E-state index in [0.29, 0.717) is 63.3 Å². The number of hydrogen-bond donors (Lipinski definition) is 3. The molecule has 1 amide bonds. The van der Waals surface area contributed by atoms with Gasteiger partial charge in [0.05, 0.1) is 18.8 Å². The van der Waals surface area contributed by atoms with Crippen LogP contribution in [0.3, 0.4) is 0 Å². The molecule has 4 heterocycles. The van der Waals surface area contributed by atoms with E-state index in [2.05, 4.69) is 14.4 Å². The van der Waals surface area contributed by atoms with E-state index < -0.39 is 6.10 Å². The number of carbonyl (C=O) groups excluding carboxylic acids is 1. The van der Waals surface area contributed by atoms with E-state index in [9.17, 15) is 9.90 Å². The SMILES string of the molecule is C[C@@H]1CN(c2nc3c(N4CCOCC4)nc(/C(C=N)=C/N)nc3n2CC2CC2)CCN1C(=O)[C@@H](C)O. The Kier molecular flexibility index (Phi) is 6.80. The van der Waals surface area contributed by atoms with Crippen molar-refractivity contribution < 1.29 is 14.6 Å². The molecule has 2 aromatic rings. The Bertz CT molecular complexity index is 1170. The molecule has 194 valence electrons. The molecule has 36 heavy (non-hydrogen) atoms. The summed E-state index contributed by atoms with van der Waals surface area (Å²) in [5, 5.41) is 17.6. The fourth-order valence-corrected chi connectivity index (χ4v) is 4.96. The third-order valence-corrected chi connectivity index (χ3v) is 7.15. The van der Waals surface area contributed by atoms with Crippen molar-refractivity contribution in [1.82, 2.24) is 24.4 Å². The normalized spacial score (nSPS) is 22.2. The first-order valence-corrected chi connectivity index (χ1v) is 12.7. The van der Waals surface area contributed by atoms with Crippen molar-refractivity contribution in [3.63, 3.8) is 0 Å². The molecule has 4 N–H and O–H groups in total. The molecule has 0 spiro atoms. The molecule has 2 atom stereocenters. The number of aromatic nitrogens is 4. The van der Waals surface area contributed by atoms with Crippen LogP contribution >= 0.6 is 0 Å². The van der Waals surface area contributed by atoms with E-state index in [4.69, 9.17) is 30.8 Å². The number of nitrogens with one attached hydrogen (secondary N) is 1. The topological polar surface area (TPSA) is 150 Å². The highest BCUT2D eigenvalue weighted by Crippen LogP contribution is 2.36. The lowest BCUT2D eigenvalue weighted by Crippen LogP contribution is -2.56. The number of ether oxygens (including phenoxy) is 1. The van der Waals surface area contributed by atoms with E-state index in [1.54, 1.807) is 4.90 Å². The zero-order valence-electron chi connectivity index (χ0n) is 20.9. The van der Waals surface area contributed by atoms with Crippen LogP contribution in [-0.2, 0) is 16.1 Å². The zero-order valence-corrected chi connectivity index (χ0v) is 20.9. The van der Waals surface area contributed by atoms with Gasteiger partial charge in [0.15, 0.2) is 22.8 Å². The molecule has 1 aliphatic carbocycles. The Hall–Kier alpha value is -3.25. The molecule has 2 saturated heterocycles. The summed E-state index contributed by atoms with van der Waals surface area (Å²) in [6, 6.07) is -0.0694. The van der Waals surface area contributed by atoms with Gasteiger partial charge in [-0.3, -0.25) is 9.36 Å². The van der Waals surface area contributed by atoms with Crippen LogP contribution in [-0.4, -0.2) is 99.7 Å². The molecule has 12 nitrogen and oxygen atoms in total. The molecular weight excluding hydrogens is 462 g/mol. The number of anilines is 2. The maximum atomic E-state index is 12.5. The van der Waals surface area contributed by atoms with Crippen LogP contribution in [0, 0.1) is 11.3 Å². The largest absolute Gasteiger partial charge is 0.404 e. The number of fused-ring (bicyclic) bond motifs is 1. The highest BCUT2D eigenvalue weighted by molar-refractivity contribution is 6.07. The predicted molar refractivity (Wildman–Crippen MR) is 137 cm³/mol. The number of amides is 1. The van der Waals surface area contributed by atoms with Gasteiger partial charge in [0.25, 0.3) is 5.91 Å². The number of hydrogen-bond acceptors (Lipinski definition) is 10. The zero-order chi connectivity index (χ0) is 25.4. The summed E-state index contributed by atoms with van der Waals surface area (Å²) in [5.41, 5.74) is 7.72. The molecule has 3 fully saturated rings. The van der Waals surface area contributed by atoms with Crippen LogP contribution in [0.5, 0.6) is 0 Å². The van der Waals surface area contributed by atoms with Gasteiger partial charge in [0.2, 0.25) is 5.95 Å². The Morgan fingerprint density at radius 3 is 2.56 bits per heavy atom. The molecule has 1 saturated carbocycles. The first-order chi connectivity index (χ1) is 17.4. The molecule has 0 bridgehead atoms. The van der Waals surface area contributed by atoms with E-state index in [1.165, 1.54) is 32.2 Å². The highest BCUT2D eigenvalue weighted by atomic mass is 16.5. The van der Waals surface area contributed by atoms with Crippen LogP contribution in [0.1, 0.15) is 32.5 Å². The summed E-state index contributed by atoms with van der Waals surface area (Å²) in [6.07, 6.45) is 3.87. The van der Waals surface area contributed by atoms with Gasteiger partial charge >= 0.3 is 0 Å². The first-order valence-electron chi connectivity index (χ1n) is 12.7. The third-order valence-electron chi connectivity index (χ3n) is 7.15. The van der Waals surface area contributed by atoms with Crippen LogP contribution in [0.15, 0.2) is 6.20 Å². The van der Waals surface area contributed by atoms with Crippen molar-refractivity contribution in [1.29, 1.82) is 5.41 Å². The van der Waals surface area contributed by atoms with E-state index in [0.717, 1.165) is 29.5 Å². The van der Waals surface area contributed by atoms with Crippen molar-refractivity contribution in [3.05, 3.63) is 12.0 Å². The average molecular weight is 498 g/mol. The average Bonchev–Trinajstić information content (AvgIpc) is 3.64. The summed E-state index contributed by atoms with van der Waals surface area (Å²) in [6.45, 7) is 8.65. The molecule has 0 aromatic carbocycles. The summed E-state index contributed by atoms with van der Waals surface area (Å²) < 4.78 is 7.74. The van der Waals surface area contributed by atoms with Crippen molar-refractivity contribution in [2.45, 2.75) is 45.4 Å². The van der Waals surface area contributed by atoms with Gasteiger partial charge in [-0.25, -0.2) is 15.0 Å². The smallest absolute Gasteiger partial charge is 0.251 e. The summed E-state index contributed by atoms with van der Waals surface area (Å²) >= 11 is 0. The van der Waals surface area contributed by atoms with Crippen LogP contribution in [0.4, 0.5) is 11.8 Å². The minimum Gasteiger partial charge on any atom is -0.404 e. The van der Waals surface area contributed by atoms with Crippen molar-refractivity contribution in [3.8, 4) is 0 Å². The number of nitrogens with two attached hydrogens (primary N) is 1. The minimum atomic E-state index is -1.01. The number of aliphatic hydroxyl groups excluding tert-OH is 1. The quantitative estimate of drug-likeness (QED) is 0.463. The number of aliphatic hydroxyl groups is 1. The van der Waals surface area contributed by atoms with E-state index in [1.807, 2.05) is 6.92 Å². The molecule has 12 heteroatoms. The van der Waals surface area contributed by atoms with Gasteiger partial charge < -0.3 is 35.7 Å². The third kappa shape index (κ3) is 4.62. The number of morpholine rings is 1. The van der Waals surface area contributed by atoms with Crippen molar-refractivity contribution in [2.75, 3.05) is 55.7 Å². The highest BCUT2D eigenvalue weighted by Gasteiger charge is 2.34. The number of imidazole rings is 1. The molecule has 2 aromatic heterocycles. The van der Waals surface area contributed by atoms with Gasteiger partial charge in [-0.1, -0.05) is 0 Å². The predicted octanol–water partition coefficient (Wildman–Crippen LogP) is 0.440. The Balaban J connectivity index is 1.59. The Morgan fingerprint density at radius 2 is 1.94 bits per heavy atom. The second-order valence-corrected chi connectivity index (χ2v) is 9.88. The van der Waals surface area contributed by atoms with Crippen molar-refractivity contribution >= 4 is 40.6 Å². The molecule has 0 radical (unpaired) electrons. The lowest BCUT2D eigenvalue weighted by Gasteiger charge is -2.40. The standard InChI is InChI=1S/C24H35N9O3/c1-15-13-31(5-6-32(15)23(35)16(2)34)24-27-19-21(30-7-9-36-10-8-30)28-20(18(11-25)12-26)29-22(19)33(24)14-17-3-4-17/h11-12,15-17,25,34H,3-10,13-14,26H2,1-2H3/b18-12+,25-11?/t15-,16-/m1/s1.